The molecule has 0 spiro atoms. The zero-order valence-electron chi connectivity index (χ0n) is 22.4. The largest absolute Gasteiger partial charge is 0.496 e. The van der Waals surface area contributed by atoms with Gasteiger partial charge in [-0.05, 0) is 89.3 Å². The third kappa shape index (κ3) is 3.37. The summed E-state index contributed by atoms with van der Waals surface area (Å²) in [5, 5.41) is 10.6. The molecule has 180 valence electrons. The molecule has 0 fully saturated rings. The highest BCUT2D eigenvalue weighted by molar-refractivity contribution is 6.31. The second-order valence-electron chi connectivity index (χ2n) is 12.2. The van der Waals surface area contributed by atoms with Gasteiger partial charge in [-0.3, -0.25) is 0 Å². The molecule has 6 aromatic carbocycles. The molecule has 6 rings (SSSR count). The Morgan fingerprint density at radius 3 is 1.81 bits per heavy atom. The fourth-order valence-electron chi connectivity index (χ4n) is 5.94. The molecule has 1 heteroatoms. The molecule has 1 nitrogen and oxygen atoms in total. The van der Waals surface area contributed by atoms with Crippen LogP contribution in [0.1, 0.15) is 52.7 Å². The average molecular weight is 471 g/mol. The van der Waals surface area contributed by atoms with Crippen molar-refractivity contribution in [1.82, 2.24) is 0 Å². The van der Waals surface area contributed by atoms with Gasteiger partial charge in [-0.1, -0.05) is 96.1 Å². The highest BCUT2D eigenvalue weighted by atomic mass is 16.5. The van der Waals surface area contributed by atoms with E-state index in [-0.39, 0.29) is 10.8 Å². The fourth-order valence-corrected chi connectivity index (χ4v) is 5.94. The monoisotopic (exact) mass is 470 g/mol. The number of benzene rings is 6. The van der Waals surface area contributed by atoms with Crippen LogP contribution in [0.2, 0.25) is 0 Å². The van der Waals surface area contributed by atoms with Crippen LogP contribution in [0, 0.1) is 0 Å². The maximum Gasteiger partial charge on any atom is 0.126 e. The first-order valence-corrected chi connectivity index (χ1v) is 12.9. The number of ether oxygens (including phenoxy) is 1. The lowest BCUT2D eigenvalue weighted by molar-refractivity contribution is 0.381. The van der Waals surface area contributed by atoms with E-state index < -0.39 is 0 Å². The minimum Gasteiger partial charge on any atom is -0.496 e. The second-order valence-corrected chi connectivity index (χ2v) is 12.2. The molecule has 0 saturated carbocycles. The van der Waals surface area contributed by atoms with Crippen molar-refractivity contribution < 1.29 is 4.74 Å². The van der Waals surface area contributed by atoms with Gasteiger partial charge >= 0.3 is 0 Å². The molecule has 0 radical (unpaired) electrons. The normalized spacial score (nSPS) is 12.9. The quantitative estimate of drug-likeness (QED) is 0.181. The smallest absolute Gasteiger partial charge is 0.126 e. The van der Waals surface area contributed by atoms with Crippen LogP contribution in [-0.4, -0.2) is 7.11 Å². The van der Waals surface area contributed by atoms with Crippen molar-refractivity contribution in [3.8, 4) is 16.9 Å². The zero-order valence-corrected chi connectivity index (χ0v) is 22.4. The predicted octanol–water partition coefficient (Wildman–Crippen LogP) is 10.0. The van der Waals surface area contributed by atoms with Crippen LogP contribution in [-0.2, 0) is 10.8 Å². The number of hydrogen-bond acceptors (Lipinski definition) is 1. The van der Waals surface area contributed by atoms with Gasteiger partial charge in [-0.15, -0.1) is 0 Å². The molecule has 0 aliphatic rings. The van der Waals surface area contributed by atoms with Gasteiger partial charge in [-0.2, -0.15) is 0 Å². The van der Waals surface area contributed by atoms with Crippen molar-refractivity contribution in [2.45, 2.75) is 52.4 Å². The maximum absolute atomic E-state index is 6.06. The molecule has 0 bridgehead atoms. The van der Waals surface area contributed by atoms with E-state index in [0.717, 1.165) is 5.75 Å². The summed E-state index contributed by atoms with van der Waals surface area (Å²) in [7, 11) is 1.81. The molecule has 0 aromatic heterocycles. The molecule has 0 aliphatic heterocycles. The number of fused-ring (bicyclic) bond motifs is 2. The third-order valence-corrected chi connectivity index (χ3v) is 7.71. The third-order valence-electron chi connectivity index (χ3n) is 7.71. The van der Waals surface area contributed by atoms with Gasteiger partial charge in [-0.25, -0.2) is 0 Å². The predicted molar refractivity (Wildman–Crippen MR) is 157 cm³/mol. The van der Waals surface area contributed by atoms with Crippen molar-refractivity contribution in [3.63, 3.8) is 0 Å². The summed E-state index contributed by atoms with van der Waals surface area (Å²) in [5.74, 6) is 1.02. The number of rotatable bonds is 2. The highest BCUT2D eigenvalue weighted by Crippen LogP contribution is 2.46. The lowest BCUT2D eigenvalue weighted by Gasteiger charge is -2.30. The minimum absolute atomic E-state index is 0.0449. The first-order valence-electron chi connectivity index (χ1n) is 12.9. The van der Waals surface area contributed by atoms with Crippen molar-refractivity contribution in [2.24, 2.45) is 0 Å². The Morgan fingerprint density at radius 2 is 1.14 bits per heavy atom. The van der Waals surface area contributed by atoms with E-state index in [0.29, 0.717) is 0 Å². The van der Waals surface area contributed by atoms with E-state index in [9.17, 15) is 0 Å². The molecule has 0 N–H and O–H groups in total. The Morgan fingerprint density at radius 1 is 0.528 bits per heavy atom. The summed E-state index contributed by atoms with van der Waals surface area (Å²) >= 11 is 0. The summed E-state index contributed by atoms with van der Waals surface area (Å²) in [6.07, 6.45) is 0. The van der Waals surface area contributed by atoms with Gasteiger partial charge in [0.05, 0.1) is 7.11 Å². The molecule has 0 atom stereocenters. The summed E-state index contributed by atoms with van der Waals surface area (Å²) < 4.78 is 6.06. The van der Waals surface area contributed by atoms with Crippen LogP contribution in [0.25, 0.3) is 54.2 Å². The van der Waals surface area contributed by atoms with Crippen LogP contribution >= 0.6 is 0 Å². The van der Waals surface area contributed by atoms with Crippen LogP contribution in [0.15, 0.2) is 78.9 Å². The number of methoxy groups -OCH3 is 1. The molecule has 0 unspecified atom stereocenters. The van der Waals surface area contributed by atoms with Crippen molar-refractivity contribution in [3.05, 3.63) is 90.0 Å². The Balaban J connectivity index is 1.79. The lowest BCUT2D eigenvalue weighted by Crippen LogP contribution is -2.19. The van der Waals surface area contributed by atoms with Crippen LogP contribution < -0.4 is 4.74 Å². The lowest BCUT2D eigenvalue weighted by atomic mass is 9.77. The van der Waals surface area contributed by atoms with E-state index in [2.05, 4.69) is 120 Å². The summed E-state index contributed by atoms with van der Waals surface area (Å²) in [6, 6.07) is 29.6. The summed E-state index contributed by atoms with van der Waals surface area (Å²) in [4.78, 5) is 0. The molecule has 6 aromatic rings. The zero-order chi connectivity index (χ0) is 25.4. The molecule has 36 heavy (non-hydrogen) atoms. The first-order chi connectivity index (χ1) is 17.1. The van der Waals surface area contributed by atoms with E-state index in [1.54, 1.807) is 0 Å². The second kappa shape index (κ2) is 7.71. The molecular formula is C35H34O. The molecule has 0 heterocycles. The molecule has 0 saturated heterocycles. The Hall–Kier alpha value is -3.58. The van der Waals surface area contributed by atoms with E-state index in [1.807, 2.05) is 7.11 Å². The molecule has 0 amide bonds. The Kier molecular flexibility index (Phi) is 4.89. The first kappa shape index (κ1) is 22.9. The Labute approximate surface area is 214 Å². The van der Waals surface area contributed by atoms with Gasteiger partial charge in [0.2, 0.25) is 0 Å². The van der Waals surface area contributed by atoms with Crippen molar-refractivity contribution in [1.29, 1.82) is 0 Å². The average Bonchev–Trinajstić information content (AvgIpc) is 2.84. The van der Waals surface area contributed by atoms with Crippen LogP contribution in [0.3, 0.4) is 0 Å². The maximum atomic E-state index is 6.06. The van der Waals surface area contributed by atoms with E-state index in [1.165, 1.54) is 65.3 Å². The van der Waals surface area contributed by atoms with Crippen LogP contribution in [0.5, 0.6) is 5.75 Å². The van der Waals surface area contributed by atoms with Gasteiger partial charge < -0.3 is 4.74 Å². The van der Waals surface area contributed by atoms with Crippen molar-refractivity contribution in [2.75, 3.05) is 7.11 Å². The van der Waals surface area contributed by atoms with E-state index in [4.69, 9.17) is 4.74 Å². The fraction of sp³-hybridized carbons (Fsp3) is 0.257. The molecular weight excluding hydrogens is 436 g/mol. The van der Waals surface area contributed by atoms with Crippen molar-refractivity contribution >= 4 is 43.1 Å². The topological polar surface area (TPSA) is 9.23 Å². The van der Waals surface area contributed by atoms with Gasteiger partial charge in [0, 0.05) is 11.1 Å². The standard InChI is InChI=1S/C35H34O/c1-34(2,3)29-19-23(20-30(33(29)36-7)35(4,5)6)28-18-24-17-22-11-8-9-13-25(22)27-16-15-21-12-10-14-26(28)31(21)32(24)27/h8-20H,1-7H3. The van der Waals surface area contributed by atoms with E-state index >= 15 is 0 Å². The minimum atomic E-state index is -0.0449. The van der Waals surface area contributed by atoms with Gasteiger partial charge in [0.1, 0.15) is 5.75 Å². The SMILES string of the molecule is COc1c(C(C)(C)C)cc(-c2cc3cc4ccccc4c4ccc5cccc2c5c34)cc1C(C)(C)C. The molecule has 0 aliphatic carbocycles. The Bertz CT molecular complexity index is 1740. The summed E-state index contributed by atoms with van der Waals surface area (Å²) in [6.45, 7) is 13.7. The van der Waals surface area contributed by atoms with Crippen LogP contribution in [0.4, 0.5) is 0 Å². The van der Waals surface area contributed by atoms with Gasteiger partial charge in [0.25, 0.3) is 0 Å². The highest BCUT2D eigenvalue weighted by Gasteiger charge is 2.28. The summed E-state index contributed by atoms with van der Waals surface area (Å²) in [5.41, 5.74) is 4.96. The number of hydrogen-bond donors (Lipinski definition) is 0. The van der Waals surface area contributed by atoms with Gasteiger partial charge in [0.15, 0.2) is 0 Å².